The maximum absolute atomic E-state index is 5.81. The Morgan fingerprint density at radius 3 is 2.74 bits per heavy atom. The lowest BCUT2D eigenvalue weighted by atomic mass is 10.3. The maximum Gasteiger partial charge on any atom is 0.106 e. The molecule has 0 bridgehead atoms. The van der Waals surface area contributed by atoms with E-state index in [-0.39, 0.29) is 0 Å². The first-order valence-electron chi connectivity index (χ1n) is 7.10. The largest absolute Gasteiger partial charge is 0.399 e. The van der Waals surface area contributed by atoms with E-state index >= 15 is 0 Å². The lowest BCUT2D eigenvalue weighted by molar-refractivity contribution is 0.277. The van der Waals surface area contributed by atoms with Gasteiger partial charge in [-0.15, -0.1) is 0 Å². The van der Waals surface area contributed by atoms with E-state index in [1.165, 1.54) is 11.9 Å². The van der Waals surface area contributed by atoms with Crippen LogP contribution in [0.3, 0.4) is 0 Å². The Morgan fingerprint density at radius 2 is 2.05 bits per heavy atom. The zero-order valence-corrected chi connectivity index (χ0v) is 12.2. The number of nitrogens with zero attached hydrogens (tertiary/aromatic N) is 3. The van der Waals surface area contributed by atoms with Crippen LogP contribution >= 0.6 is 0 Å². The summed E-state index contributed by atoms with van der Waals surface area (Å²) < 4.78 is 2.28. The van der Waals surface area contributed by atoms with E-state index in [1.54, 1.807) is 0 Å². The van der Waals surface area contributed by atoms with Gasteiger partial charge in [-0.3, -0.25) is 0 Å². The molecule has 0 aliphatic carbocycles. The Hall–Kier alpha value is -1.55. The molecule has 0 radical (unpaired) electrons. The number of aryl methyl sites for hydroxylation is 1. The van der Waals surface area contributed by atoms with E-state index in [0.29, 0.717) is 0 Å². The Bertz CT molecular complexity index is 544. The van der Waals surface area contributed by atoms with Gasteiger partial charge in [0.05, 0.1) is 11.0 Å². The van der Waals surface area contributed by atoms with E-state index in [1.807, 2.05) is 12.1 Å². The molecule has 4 nitrogen and oxygen atoms in total. The fourth-order valence-corrected chi connectivity index (χ4v) is 2.54. The Balaban J connectivity index is 2.18. The topological polar surface area (TPSA) is 47.1 Å². The van der Waals surface area contributed by atoms with Crippen LogP contribution in [0.25, 0.3) is 11.0 Å². The number of hydrogen-bond donors (Lipinski definition) is 1. The van der Waals surface area contributed by atoms with Gasteiger partial charge in [-0.1, -0.05) is 13.8 Å². The number of benzene rings is 1. The highest BCUT2D eigenvalue weighted by molar-refractivity contribution is 5.79. The molecular formula is C15H24N4. The quantitative estimate of drug-likeness (QED) is 0.812. The molecule has 0 spiro atoms. The number of nitrogen functional groups attached to an aromatic ring is 1. The highest BCUT2D eigenvalue weighted by Gasteiger charge is 2.08. The number of fused-ring (bicyclic) bond motifs is 1. The molecule has 19 heavy (non-hydrogen) atoms. The summed E-state index contributed by atoms with van der Waals surface area (Å²) in [6, 6.07) is 5.97. The molecule has 1 heterocycles. The molecule has 0 saturated heterocycles. The second kappa shape index (κ2) is 6.06. The van der Waals surface area contributed by atoms with Crippen LogP contribution in [0.2, 0.25) is 0 Å². The zero-order valence-electron chi connectivity index (χ0n) is 12.2. The van der Waals surface area contributed by atoms with Crippen molar-refractivity contribution < 1.29 is 0 Å². The number of nitrogens with two attached hydrogens (primary N) is 1. The second-order valence-corrected chi connectivity index (χ2v) is 4.99. The van der Waals surface area contributed by atoms with Crippen LogP contribution in [0.5, 0.6) is 0 Å². The summed E-state index contributed by atoms with van der Waals surface area (Å²) in [6.45, 7) is 10.8. The SMILES string of the molecule is CCCN(CC)CCn1c(C)nc2cc(N)ccc21. The minimum atomic E-state index is 0.776. The predicted molar refractivity (Wildman–Crippen MR) is 81.3 cm³/mol. The van der Waals surface area contributed by atoms with Crippen molar-refractivity contribution in [3.05, 3.63) is 24.0 Å². The van der Waals surface area contributed by atoms with Gasteiger partial charge in [0.15, 0.2) is 0 Å². The summed E-state index contributed by atoms with van der Waals surface area (Å²) in [5.41, 5.74) is 8.76. The van der Waals surface area contributed by atoms with Gasteiger partial charge in [0, 0.05) is 18.8 Å². The molecule has 0 amide bonds. The van der Waals surface area contributed by atoms with E-state index < -0.39 is 0 Å². The van der Waals surface area contributed by atoms with E-state index in [0.717, 1.165) is 43.2 Å². The number of imidazole rings is 1. The molecule has 1 aromatic carbocycles. The minimum absolute atomic E-state index is 0.776. The number of anilines is 1. The van der Waals surface area contributed by atoms with E-state index in [9.17, 15) is 0 Å². The van der Waals surface area contributed by atoms with E-state index in [2.05, 4.69) is 41.3 Å². The smallest absolute Gasteiger partial charge is 0.106 e. The van der Waals surface area contributed by atoms with Crippen LogP contribution in [0.1, 0.15) is 26.1 Å². The Morgan fingerprint density at radius 1 is 1.26 bits per heavy atom. The normalized spacial score (nSPS) is 11.6. The Kier molecular flexibility index (Phi) is 4.43. The van der Waals surface area contributed by atoms with E-state index in [4.69, 9.17) is 5.73 Å². The van der Waals surface area contributed by atoms with Crippen LogP contribution in [0.15, 0.2) is 18.2 Å². The van der Waals surface area contributed by atoms with Gasteiger partial charge in [0.1, 0.15) is 5.82 Å². The molecule has 2 aromatic rings. The number of likely N-dealkylation sites (N-methyl/N-ethyl adjacent to an activating group) is 1. The molecule has 2 rings (SSSR count). The highest BCUT2D eigenvalue weighted by atomic mass is 15.2. The van der Waals surface area contributed by atoms with Crippen LogP contribution in [-0.4, -0.2) is 34.1 Å². The number of hydrogen-bond acceptors (Lipinski definition) is 3. The molecule has 0 aliphatic rings. The average Bonchev–Trinajstić information content (AvgIpc) is 2.69. The molecule has 104 valence electrons. The van der Waals surface area contributed by atoms with Gasteiger partial charge < -0.3 is 15.2 Å². The highest BCUT2D eigenvalue weighted by Crippen LogP contribution is 2.18. The van der Waals surface area contributed by atoms with Gasteiger partial charge in [-0.25, -0.2) is 4.98 Å². The summed E-state index contributed by atoms with van der Waals surface area (Å²) in [7, 11) is 0. The van der Waals surface area contributed by atoms with Crippen molar-refractivity contribution in [2.75, 3.05) is 25.4 Å². The van der Waals surface area contributed by atoms with Crippen molar-refractivity contribution in [1.82, 2.24) is 14.5 Å². The lowest BCUT2D eigenvalue weighted by Crippen LogP contribution is -2.28. The van der Waals surface area contributed by atoms with Crippen LogP contribution in [0, 0.1) is 6.92 Å². The molecule has 0 aliphatic heterocycles. The summed E-state index contributed by atoms with van der Waals surface area (Å²) in [5, 5.41) is 0. The predicted octanol–water partition coefficient (Wildman–Crippen LogP) is 2.66. The fraction of sp³-hybridized carbons (Fsp3) is 0.533. The first-order chi connectivity index (χ1) is 9.15. The molecule has 0 saturated carbocycles. The van der Waals surface area contributed by atoms with Crippen LogP contribution in [-0.2, 0) is 6.54 Å². The first kappa shape index (κ1) is 13.9. The van der Waals surface area contributed by atoms with Crippen molar-refractivity contribution in [3.8, 4) is 0 Å². The number of rotatable bonds is 6. The minimum Gasteiger partial charge on any atom is -0.399 e. The van der Waals surface area contributed by atoms with Gasteiger partial charge >= 0.3 is 0 Å². The third kappa shape index (κ3) is 3.07. The average molecular weight is 260 g/mol. The van der Waals surface area contributed by atoms with Gasteiger partial charge in [0.2, 0.25) is 0 Å². The summed E-state index contributed by atoms with van der Waals surface area (Å²) in [6.07, 6.45) is 1.20. The molecule has 2 N–H and O–H groups in total. The molecule has 0 fully saturated rings. The first-order valence-corrected chi connectivity index (χ1v) is 7.10. The van der Waals surface area contributed by atoms with Crippen molar-refractivity contribution in [2.45, 2.75) is 33.7 Å². The van der Waals surface area contributed by atoms with Crippen molar-refractivity contribution >= 4 is 16.7 Å². The van der Waals surface area contributed by atoms with Crippen molar-refractivity contribution in [1.29, 1.82) is 0 Å². The van der Waals surface area contributed by atoms with Gasteiger partial charge in [0.25, 0.3) is 0 Å². The summed E-state index contributed by atoms with van der Waals surface area (Å²) in [5.74, 6) is 1.06. The lowest BCUT2D eigenvalue weighted by Gasteiger charge is -2.20. The molecule has 0 unspecified atom stereocenters. The van der Waals surface area contributed by atoms with Crippen LogP contribution in [0.4, 0.5) is 5.69 Å². The van der Waals surface area contributed by atoms with Crippen LogP contribution < -0.4 is 5.73 Å². The van der Waals surface area contributed by atoms with Gasteiger partial charge in [-0.05, 0) is 44.6 Å². The third-order valence-electron chi connectivity index (χ3n) is 3.59. The van der Waals surface area contributed by atoms with Crippen molar-refractivity contribution in [2.24, 2.45) is 0 Å². The monoisotopic (exact) mass is 260 g/mol. The molecule has 4 heteroatoms. The molecular weight excluding hydrogens is 236 g/mol. The number of aromatic nitrogens is 2. The Labute approximate surface area is 115 Å². The zero-order chi connectivity index (χ0) is 13.8. The fourth-order valence-electron chi connectivity index (χ4n) is 2.54. The third-order valence-corrected chi connectivity index (χ3v) is 3.59. The van der Waals surface area contributed by atoms with Gasteiger partial charge in [-0.2, -0.15) is 0 Å². The molecule has 1 aromatic heterocycles. The summed E-state index contributed by atoms with van der Waals surface area (Å²) in [4.78, 5) is 7.06. The van der Waals surface area contributed by atoms with Crippen molar-refractivity contribution in [3.63, 3.8) is 0 Å². The molecule has 0 atom stereocenters. The maximum atomic E-state index is 5.81. The second-order valence-electron chi connectivity index (χ2n) is 4.99. The summed E-state index contributed by atoms with van der Waals surface area (Å²) >= 11 is 0. The standard InChI is InChI=1S/C15H24N4/c1-4-8-18(5-2)9-10-19-12(3)17-14-11-13(16)6-7-15(14)19/h6-7,11H,4-5,8-10,16H2,1-3H3.